The van der Waals surface area contributed by atoms with Crippen LogP contribution in [0.4, 0.5) is 11.5 Å². The lowest BCUT2D eigenvalue weighted by Crippen LogP contribution is -2.22. The minimum Gasteiger partial charge on any atom is -0.488 e. The number of carbonyl (C=O) groups is 1. The van der Waals surface area contributed by atoms with Crippen LogP contribution in [0.1, 0.15) is 31.1 Å². The maximum absolute atomic E-state index is 12.1. The Morgan fingerprint density at radius 1 is 1.19 bits per heavy atom. The molecule has 0 aliphatic carbocycles. The Kier molecular flexibility index (Phi) is 4.12. The number of rotatable bonds is 3. The first-order chi connectivity index (χ1) is 9.85. The molecule has 5 nitrogen and oxygen atoms in total. The molecule has 0 saturated heterocycles. The Morgan fingerprint density at radius 2 is 1.86 bits per heavy atom. The van der Waals surface area contributed by atoms with E-state index in [1.807, 2.05) is 32.9 Å². The Morgan fingerprint density at radius 3 is 2.43 bits per heavy atom. The van der Waals surface area contributed by atoms with E-state index < -0.39 is 0 Å². The van der Waals surface area contributed by atoms with Gasteiger partial charge >= 0.3 is 0 Å². The van der Waals surface area contributed by atoms with E-state index in [4.69, 9.17) is 10.5 Å². The highest BCUT2D eigenvalue weighted by Gasteiger charge is 2.12. The van der Waals surface area contributed by atoms with Crippen molar-refractivity contribution in [1.82, 2.24) is 4.98 Å². The second-order valence-electron chi connectivity index (χ2n) is 5.63. The van der Waals surface area contributed by atoms with E-state index in [9.17, 15) is 4.79 Å². The summed E-state index contributed by atoms with van der Waals surface area (Å²) in [7, 11) is 0. The van der Waals surface area contributed by atoms with E-state index in [2.05, 4.69) is 10.3 Å². The number of anilines is 2. The van der Waals surface area contributed by atoms with Crippen LogP contribution in [0.2, 0.25) is 0 Å². The maximum Gasteiger partial charge on any atom is 0.259 e. The monoisotopic (exact) mass is 285 g/mol. The van der Waals surface area contributed by atoms with Gasteiger partial charge in [-0.2, -0.15) is 0 Å². The summed E-state index contributed by atoms with van der Waals surface area (Å²) in [5.41, 5.74) is 6.45. The molecule has 0 bridgehead atoms. The van der Waals surface area contributed by atoms with Gasteiger partial charge in [-0.05, 0) is 57.2 Å². The Bertz CT molecular complexity index is 631. The molecule has 0 aliphatic rings. The minimum absolute atomic E-state index is 0.211. The number of carbonyl (C=O) groups excluding carboxylic acids is 1. The predicted octanol–water partition coefficient (Wildman–Crippen LogP) is 3.09. The fraction of sp³-hybridized carbons (Fsp3) is 0.250. The average Bonchev–Trinajstić information content (AvgIpc) is 2.40. The van der Waals surface area contributed by atoms with E-state index >= 15 is 0 Å². The van der Waals surface area contributed by atoms with Gasteiger partial charge in [0.1, 0.15) is 17.2 Å². The molecule has 0 unspecified atom stereocenters. The standard InChI is InChI=1S/C16H19N3O2/c1-16(2,3)21-12-8-6-11(7-9-12)19-15(20)13-5-4-10-18-14(13)17/h4-10H,1-3H3,(H2,17,18)(H,19,20). The minimum atomic E-state index is -0.287. The molecule has 3 N–H and O–H groups in total. The van der Waals surface area contributed by atoms with Gasteiger partial charge in [-0.3, -0.25) is 4.79 Å². The summed E-state index contributed by atoms with van der Waals surface area (Å²) in [5.74, 6) is 0.675. The van der Waals surface area contributed by atoms with Crippen molar-refractivity contribution >= 4 is 17.4 Å². The van der Waals surface area contributed by atoms with Crippen molar-refractivity contribution in [1.29, 1.82) is 0 Å². The Hall–Kier alpha value is -2.56. The molecular formula is C16H19N3O2. The lowest BCUT2D eigenvalue weighted by atomic mass is 10.2. The van der Waals surface area contributed by atoms with Crippen LogP contribution in [0.3, 0.4) is 0 Å². The second kappa shape index (κ2) is 5.83. The first-order valence-electron chi connectivity index (χ1n) is 6.66. The zero-order valence-electron chi connectivity index (χ0n) is 12.4. The van der Waals surface area contributed by atoms with Crippen molar-refractivity contribution in [3.8, 4) is 5.75 Å². The molecule has 0 aliphatic heterocycles. The zero-order valence-corrected chi connectivity index (χ0v) is 12.4. The van der Waals surface area contributed by atoms with Crippen LogP contribution in [-0.2, 0) is 0 Å². The second-order valence-corrected chi connectivity index (χ2v) is 5.63. The van der Waals surface area contributed by atoms with Crippen molar-refractivity contribution in [2.45, 2.75) is 26.4 Å². The van der Waals surface area contributed by atoms with Crippen LogP contribution in [-0.4, -0.2) is 16.5 Å². The number of ether oxygens (including phenoxy) is 1. The van der Waals surface area contributed by atoms with Crippen molar-refractivity contribution < 1.29 is 9.53 Å². The molecule has 1 amide bonds. The molecule has 0 radical (unpaired) electrons. The number of nitrogens with zero attached hydrogens (tertiary/aromatic N) is 1. The molecule has 1 heterocycles. The highest BCUT2D eigenvalue weighted by atomic mass is 16.5. The molecule has 0 fully saturated rings. The number of hydrogen-bond acceptors (Lipinski definition) is 4. The molecule has 1 aromatic heterocycles. The molecule has 2 rings (SSSR count). The number of hydrogen-bond donors (Lipinski definition) is 2. The molecule has 1 aromatic carbocycles. The van der Waals surface area contributed by atoms with Gasteiger partial charge in [0.25, 0.3) is 5.91 Å². The summed E-state index contributed by atoms with van der Waals surface area (Å²) in [6.07, 6.45) is 1.55. The van der Waals surface area contributed by atoms with Crippen molar-refractivity contribution in [2.75, 3.05) is 11.1 Å². The van der Waals surface area contributed by atoms with Crippen LogP contribution in [0, 0.1) is 0 Å². The summed E-state index contributed by atoms with van der Waals surface area (Å²) in [6, 6.07) is 10.5. The smallest absolute Gasteiger partial charge is 0.259 e. The number of aromatic nitrogens is 1. The SMILES string of the molecule is CC(C)(C)Oc1ccc(NC(=O)c2cccnc2N)cc1. The van der Waals surface area contributed by atoms with Crippen molar-refractivity contribution in [3.05, 3.63) is 48.2 Å². The van der Waals surface area contributed by atoms with Gasteiger partial charge in [-0.25, -0.2) is 4.98 Å². The molecule has 5 heteroatoms. The lowest BCUT2D eigenvalue weighted by molar-refractivity contribution is 0.102. The van der Waals surface area contributed by atoms with Gasteiger partial charge in [0.15, 0.2) is 0 Å². The normalized spacial score (nSPS) is 11.0. The summed E-state index contributed by atoms with van der Waals surface area (Å²) < 4.78 is 5.72. The topological polar surface area (TPSA) is 77.2 Å². The van der Waals surface area contributed by atoms with E-state index in [-0.39, 0.29) is 17.3 Å². The molecule has 0 spiro atoms. The molecule has 2 aromatic rings. The largest absolute Gasteiger partial charge is 0.488 e. The number of benzene rings is 1. The molecule has 0 atom stereocenters. The van der Waals surface area contributed by atoms with Gasteiger partial charge in [0.2, 0.25) is 0 Å². The van der Waals surface area contributed by atoms with E-state index in [1.54, 1.807) is 30.5 Å². The van der Waals surface area contributed by atoms with Crippen molar-refractivity contribution in [2.24, 2.45) is 0 Å². The summed E-state index contributed by atoms with van der Waals surface area (Å²) in [5, 5.41) is 2.77. The van der Waals surface area contributed by atoms with Gasteiger partial charge in [-0.1, -0.05) is 0 Å². The number of nitrogen functional groups attached to an aromatic ring is 1. The molecule has 0 saturated carbocycles. The first-order valence-corrected chi connectivity index (χ1v) is 6.66. The third kappa shape index (κ3) is 4.21. The van der Waals surface area contributed by atoms with Gasteiger partial charge in [0, 0.05) is 11.9 Å². The fourth-order valence-corrected chi connectivity index (χ4v) is 1.77. The van der Waals surface area contributed by atoms with E-state index in [0.717, 1.165) is 5.75 Å². The third-order valence-corrected chi connectivity index (χ3v) is 2.62. The Labute approximate surface area is 124 Å². The van der Waals surface area contributed by atoms with Gasteiger partial charge in [-0.15, -0.1) is 0 Å². The maximum atomic E-state index is 12.1. The van der Waals surface area contributed by atoms with Crippen LogP contribution >= 0.6 is 0 Å². The van der Waals surface area contributed by atoms with Crippen LogP contribution in [0.15, 0.2) is 42.6 Å². The van der Waals surface area contributed by atoms with Crippen LogP contribution in [0.25, 0.3) is 0 Å². The highest BCUT2D eigenvalue weighted by molar-refractivity contribution is 6.07. The fourth-order valence-electron chi connectivity index (χ4n) is 1.77. The Balaban J connectivity index is 2.07. The summed E-state index contributed by atoms with van der Waals surface area (Å²) in [4.78, 5) is 16.0. The van der Waals surface area contributed by atoms with Crippen molar-refractivity contribution in [3.63, 3.8) is 0 Å². The molecular weight excluding hydrogens is 266 g/mol. The molecule has 110 valence electrons. The van der Waals surface area contributed by atoms with Gasteiger partial charge < -0.3 is 15.8 Å². The zero-order chi connectivity index (χ0) is 15.5. The quantitative estimate of drug-likeness (QED) is 0.908. The van der Waals surface area contributed by atoms with E-state index in [1.165, 1.54) is 0 Å². The van der Waals surface area contributed by atoms with E-state index in [0.29, 0.717) is 11.3 Å². The number of pyridine rings is 1. The average molecular weight is 285 g/mol. The number of amides is 1. The summed E-state index contributed by atoms with van der Waals surface area (Å²) >= 11 is 0. The van der Waals surface area contributed by atoms with Crippen LogP contribution < -0.4 is 15.8 Å². The number of nitrogens with one attached hydrogen (secondary N) is 1. The first kappa shape index (κ1) is 14.8. The highest BCUT2D eigenvalue weighted by Crippen LogP contribution is 2.21. The predicted molar refractivity (Wildman–Crippen MR) is 83.4 cm³/mol. The molecule has 21 heavy (non-hydrogen) atoms. The lowest BCUT2D eigenvalue weighted by Gasteiger charge is -2.21. The van der Waals surface area contributed by atoms with Crippen LogP contribution in [0.5, 0.6) is 5.75 Å². The van der Waals surface area contributed by atoms with Gasteiger partial charge in [0.05, 0.1) is 5.56 Å². The summed E-state index contributed by atoms with van der Waals surface area (Å²) in [6.45, 7) is 5.94. The third-order valence-electron chi connectivity index (χ3n) is 2.62. The number of nitrogens with two attached hydrogens (primary N) is 1.